The summed E-state index contributed by atoms with van der Waals surface area (Å²) in [5, 5.41) is 9.04. The molecule has 1 aliphatic heterocycles. The highest BCUT2D eigenvalue weighted by atomic mass is 16.6. The molecule has 16 heavy (non-hydrogen) atoms. The minimum absolute atomic E-state index is 0.0154. The molecule has 86 valence electrons. The number of fused-ring (bicyclic) bond motifs is 1. The lowest BCUT2D eigenvalue weighted by Crippen LogP contribution is -2.20. The average molecular weight is 226 g/mol. The number of methoxy groups -OCH3 is 1. The normalized spacial score (nSPS) is 13.3. The zero-order chi connectivity index (χ0) is 11.7. The quantitative estimate of drug-likeness (QED) is 0.739. The second kappa shape index (κ2) is 3.76. The minimum Gasteiger partial charge on any atom is -0.484 e. The van der Waals surface area contributed by atoms with E-state index < -0.39 is 5.97 Å². The molecule has 1 aromatic heterocycles. The fraction of sp³-hybridized carbons (Fsp3) is 0.333. The van der Waals surface area contributed by atoms with Gasteiger partial charge < -0.3 is 25.1 Å². The van der Waals surface area contributed by atoms with Crippen molar-refractivity contribution in [2.75, 3.05) is 26.1 Å². The van der Waals surface area contributed by atoms with Gasteiger partial charge in [-0.3, -0.25) is 0 Å². The van der Waals surface area contributed by atoms with Crippen LogP contribution in [0.4, 0.5) is 5.69 Å². The molecule has 0 atom stereocenters. The molecule has 1 aromatic rings. The topological polar surface area (TPSA) is 104 Å². The zero-order valence-corrected chi connectivity index (χ0v) is 8.52. The van der Waals surface area contributed by atoms with Crippen LogP contribution in [0, 0.1) is 0 Å². The monoisotopic (exact) mass is 226 g/mol. The largest absolute Gasteiger partial charge is 0.484 e. The van der Waals surface area contributed by atoms with Crippen molar-refractivity contribution in [3.63, 3.8) is 0 Å². The molecule has 0 bridgehead atoms. The van der Waals surface area contributed by atoms with Crippen LogP contribution in [0.15, 0.2) is 0 Å². The molecule has 0 amide bonds. The number of carboxylic acids is 1. The van der Waals surface area contributed by atoms with Crippen LogP contribution in [-0.2, 0) is 0 Å². The van der Waals surface area contributed by atoms with E-state index in [0.717, 1.165) is 0 Å². The summed E-state index contributed by atoms with van der Waals surface area (Å²) in [6, 6.07) is 0. The third-order valence-electron chi connectivity index (χ3n) is 2.10. The molecule has 0 saturated carbocycles. The van der Waals surface area contributed by atoms with Gasteiger partial charge in [0.2, 0.25) is 5.88 Å². The van der Waals surface area contributed by atoms with Gasteiger partial charge in [0.15, 0.2) is 5.75 Å². The van der Waals surface area contributed by atoms with E-state index in [1.807, 2.05) is 0 Å². The highest BCUT2D eigenvalue weighted by Crippen LogP contribution is 2.39. The Kier molecular flexibility index (Phi) is 2.43. The van der Waals surface area contributed by atoms with Crippen LogP contribution >= 0.6 is 0 Å². The van der Waals surface area contributed by atoms with Gasteiger partial charge in [-0.25, -0.2) is 4.79 Å². The van der Waals surface area contributed by atoms with E-state index in [-0.39, 0.29) is 35.4 Å². The Hall–Kier alpha value is -2.18. The number of nitrogens with two attached hydrogens (primary N) is 1. The molecule has 0 fully saturated rings. The van der Waals surface area contributed by atoms with Crippen molar-refractivity contribution in [1.82, 2.24) is 4.98 Å². The second-order valence-electron chi connectivity index (χ2n) is 3.05. The van der Waals surface area contributed by atoms with Crippen LogP contribution in [-0.4, -0.2) is 36.4 Å². The van der Waals surface area contributed by atoms with Gasteiger partial charge in [0.05, 0.1) is 7.11 Å². The number of aromatic nitrogens is 1. The Morgan fingerprint density at radius 1 is 1.50 bits per heavy atom. The van der Waals surface area contributed by atoms with Crippen LogP contribution < -0.4 is 19.9 Å². The summed E-state index contributed by atoms with van der Waals surface area (Å²) >= 11 is 0. The third-order valence-corrected chi connectivity index (χ3v) is 2.10. The van der Waals surface area contributed by atoms with Crippen LogP contribution in [0.1, 0.15) is 10.4 Å². The molecule has 0 aromatic carbocycles. The SMILES string of the molecule is COc1nc2c(c(C(=O)O)c1N)OCCO2. The van der Waals surface area contributed by atoms with Crippen molar-refractivity contribution in [1.29, 1.82) is 0 Å². The molecule has 2 rings (SSSR count). The number of nitrogens with zero attached hydrogens (tertiary/aromatic N) is 1. The average Bonchev–Trinajstić information content (AvgIpc) is 2.27. The van der Waals surface area contributed by atoms with Gasteiger partial charge in [0.1, 0.15) is 24.5 Å². The number of anilines is 1. The van der Waals surface area contributed by atoms with E-state index in [2.05, 4.69) is 4.98 Å². The van der Waals surface area contributed by atoms with Crippen LogP contribution in [0.5, 0.6) is 17.5 Å². The van der Waals surface area contributed by atoms with E-state index in [4.69, 9.17) is 25.1 Å². The standard InChI is InChI=1S/C9H10N2O5/c1-14-7-5(10)4(9(12)13)6-8(11-7)16-3-2-15-6/h2-3,10H2,1H3,(H,12,13). The van der Waals surface area contributed by atoms with Crippen molar-refractivity contribution in [3.8, 4) is 17.5 Å². The lowest BCUT2D eigenvalue weighted by atomic mass is 10.2. The molecular weight excluding hydrogens is 216 g/mol. The first-order valence-corrected chi connectivity index (χ1v) is 4.51. The molecule has 2 heterocycles. The molecule has 3 N–H and O–H groups in total. The Bertz CT molecular complexity index is 446. The maximum Gasteiger partial charge on any atom is 0.342 e. The second-order valence-corrected chi connectivity index (χ2v) is 3.05. The molecule has 0 saturated heterocycles. The number of hydrogen-bond acceptors (Lipinski definition) is 6. The number of rotatable bonds is 2. The number of carbonyl (C=O) groups is 1. The number of ether oxygens (including phenoxy) is 3. The fourth-order valence-corrected chi connectivity index (χ4v) is 1.42. The maximum atomic E-state index is 11.1. The molecule has 0 unspecified atom stereocenters. The number of hydrogen-bond donors (Lipinski definition) is 2. The zero-order valence-electron chi connectivity index (χ0n) is 8.52. The van der Waals surface area contributed by atoms with Crippen molar-refractivity contribution in [2.24, 2.45) is 0 Å². The summed E-state index contributed by atoms with van der Waals surface area (Å²) in [6.45, 7) is 0.576. The Morgan fingerprint density at radius 2 is 2.19 bits per heavy atom. The molecule has 1 aliphatic rings. The van der Waals surface area contributed by atoms with Crippen molar-refractivity contribution in [2.45, 2.75) is 0 Å². The van der Waals surface area contributed by atoms with Crippen molar-refractivity contribution in [3.05, 3.63) is 5.56 Å². The van der Waals surface area contributed by atoms with Gasteiger partial charge in [-0.2, -0.15) is 4.98 Å². The predicted molar refractivity (Wildman–Crippen MR) is 53.2 cm³/mol. The molecule has 0 spiro atoms. The van der Waals surface area contributed by atoms with E-state index in [1.54, 1.807) is 0 Å². The maximum absolute atomic E-state index is 11.1. The minimum atomic E-state index is -1.21. The van der Waals surface area contributed by atoms with E-state index in [0.29, 0.717) is 6.61 Å². The summed E-state index contributed by atoms with van der Waals surface area (Å²) in [5.41, 5.74) is 5.37. The van der Waals surface area contributed by atoms with Crippen LogP contribution in [0.25, 0.3) is 0 Å². The van der Waals surface area contributed by atoms with E-state index in [9.17, 15) is 4.79 Å². The molecule has 7 heteroatoms. The predicted octanol–water partition coefficient (Wildman–Crippen LogP) is 0.142. The molecule has 0 aliphatic carbocycles. The summed E-state index contributed by atoms with van der Waals surface area (Å²) < 4.78 is 15.2. The van der Waals surface area contributed by atoms with Gasteiger partial charge in [-0.15, -0.1) is 0 Å². The van der Waals surface area contributed by atoms with Gasteiger partial charge in [0, 0.05) is 0 Å². The Balaban J connectivity index is 2.67. The van der Waals surface area contributed by atoms with Gasteiger partial charge >= 0.3 is 5.97 Å². The number of carboxylic acid groups (broad SMARTS) is 1. The highest BCUT2D eigenvalue weighted by molar-refractivity contribution is 5.98. The van der Waals surface area contributed by atoms with Crippen LogP contribution in [0.2, 0.25) is 0 Å². The smallest absolute Gasteiger partial charge is 0.342 e. The third kappa shape index (κ3) is 1.46. The number of nitrogen functional groups attached to an aromatic ring is 1. The summed E-state index contributed by atoms with van der Waals surface area (Å²) in [7, 11) is 1.35. The Morgan fingerprint density at radius 3 is 2.81 bits per heavy atom. The van der Waals surface area contributed by atoms with Crippen molar-refractivity contribution >= 4 is 11.7 Å². The highest BCUT2D eigenvalue weighted by Gasteiger charge is 2.27. The number of pyridine rings is 1. The number of aromatic carboxylic acids is 1. The van der Waals surface area contributed by atoms with Gasteiger partial charge in [-0.1, -0.05) is 0 Å². The fourth-order valence-electron chi connectivity index (χ4n) is 1.42. The molecular formula is C9H10N2O5. The van der Waals surface area contributed by atoms with Gasteiger partial charge in [-0.05, 0) is 0 Å². The summed E-state index contributed by atoms with van der Waals surface area (Å²) in [6.07, 6.45) is 0. The Labute approximate surface area is 90.7 Å². The van der Waals surface area contributed by atoms with Crippen molar-refractivity contribution < 1.29 is 24.1 Å². The van der Waals surface area contributed by atoms with E-state index in [1.165, 1.54) is 7.11 Å². The summed E-state index contributed by atoms with van der Waals surface area (Å²) in [4.78, 5) is 15.0. The first-order chi connectivity index (χ1) is 7.65. The molecule has 0 radical (unpaired) electrons. The first-order valence-electron chi connectivity index (χ1n) is 4.51. The van der Waals surface area contributed by atoms with Gasteiger partial charge in [0.25, 0.3) is 5.88 Å². The summed E-state index contributed by atoms with van der Waals surface area (Å²) in [5.74, 6) is -1.05. The van der Waals surface area contributed by atoms with Crippen LogP contribution in [0.3, 0.4) is 0 Å². The molecule has 7 nitrogen and oxygen atoms in total. The van der Waals surface area contributed by atoms with E-state index >= 15 is 0 Å². The first kappa shape index (κ1) is 10.3. The lowest BCUT2D eigenvalue weighted by molar-refractivity contribution is 0.0685. The lowest BCUT2D eigenvalue weighted by Gasteiger charge is -2.20.